The van der Waals surface area contributed by atoms with E-state index in [4.69, 9.17) is 5.73 Å². The Hall–Kier alpha value is -3.66. The molecular formula is C19H14FN5O3S. The Kier molecular flexibility index (Phi) is 4.55. The first-order valence-corrected chi connectivity index (χ1v) is 9.37. The second kappa shape index (κ2) is 7.06. The molecule has 0 aliphatic carbocycles. The lowest BCUT2D eigenvalue weighted by molar-refractivity contribution is 0.0969. The van der Waals surface area contributed by atoms with Gasteiger partial charge in [0.1, 0.15) is 17.2 Å². The molecule has 0 radical (unpaired) electrons. The second-order valence-corrected chi connectivity index (χ2v) is 7.18. The highest BCUT2D eigenvalue weighted by Gasteiger charge is 2.24. The molecule has 29 heavy (non-hydrogen) atoms. The summed E-state index contributed by atoms with van der Waals surface area (Å²) in [5, 5.41) is 1.75. The summed E-state index contributed by atoms with van der Waals surface area (Å²) in [7, 11) is 0. The van der Waals surface area contributed by atoms with E-state index in [1.807, 2.05) is 0 Å². The Morgan fingerprint density at radius 1 is 1.17 bits per heavy atom. The van der Waals surface area contributed by atoms with E-state index in [1.165, 1.54) is 40.2 Å². The Morgan fingerprint density at radius 2 is 1.90 bits per heavy atom. The van der Waals surface area contributed by atoms with E-state index in [2.05, 4.69) is 9.97 Å². The fraction of sp³-hybridized carbons (Fsp3) is 0.105. The molecule has 0 bridgehead atoms. The molecule has 0 aliphatic rings. The number of aromatic nitrogens is 4. The van der Waals surface area contributed by atoms with Gasteiger partial charge in [-0.2, -0.15) is 0 Å². The van der Waals surface area contributed by atoms with Crippen LogP contribution in [-0.2, 0) is 6.54 Å². The van der Waals surface area contributed by atoms with E-state index in [9.17, 15) is 18.8 Å². The van der Waals surface area contributed by atoms with Crippen molar-refractivity contribution in [3.05, 3.63) is 74.5 Å². The van der Waals surface area contributed by atoms with E-state index >= 15 is 0 Å². The summed E-state index contributed by atoms with van der Waals surface area (Å²) in [4.78, 5) is 46.7. The largest absolute Gasteiger partial charge is 0.364 e. The van der Waals surface area contributed by atoms with Crippen molar-refractivity contribution in [1.82, 2.24) is 19.1 Å². The number of amides is 1. The van der Waals surface area contributed by atoms with Gasteiger partial charge in [-0.05, 0) is 42.6 Å². The number of carbonyl (C=O) groups is 2. The number of imidazole rings is 1. The predicted molar refractivity (Wildman–Crippen MR) is 105 cm³/mol. The molecule has 0 atom stereocenters. The van der Waals surface area contributed by atoms with Gasteiger partial charge in [-0.25, -0.2) is 23.7 Å². The van der Waals surface area contributed by atoms with Crippen molar-refractivity contribution >= 4 is 34.2 Å². The zero-order valence-electron chi connectivity index (χ0n) is 15.1. The van der Waals surface area contributed by atoms with Gasteiger partial charge < -0.3 is 5.73 Å². The molecule has 0 unspecified atom stereocenters. The first kappa shape index (κ1) is 18.7. The van der Waals surface area contributed by atoms with Crippen LogP contribution in [0.3, 0.4) is 0 Å². The van der Waals surface area contributed by atoms with Gasteiger partial charge in [0.05, 0.1) is 17.1 Å². The molecule has 1 aromatic carbocycles. The van der Waals surface area contributed by atoms with Crippen molar-refractivity contribution < 1.29 is 14.0 Å². The molecule has 0 aliphatic heterocycles. The molecule has 4 rings (SSSR count). The molecule has 146 valence electrons. The van der Waals surface area contributed by atoms with Crippen LogP contribution in [0.25, 0.3) is 16.9 Å². The maximum atomic E-state index is 13.4. The number of Topliss-reactive ketones (excluding diaryl/α,β-unsaturated/α-hetero) is 1. The molecule has 0 saturated carbocycles. The third-order valence-electron chi connectivity index (χ3n) is 4.30. The maximum absolute atomic E-state index is 13.4. The van der Waals surface area contributed by atoms with Crippen LogP contribution < -0.4 is 11.4 Å². The van der Waals surface area contributed by atoms with Gasteiger partial charge >= 0.3 is 5.69 Å². The quantitative estimate of drug-likeness (QED) is 0.505. The van der Waals surface area contributed by atoms with Gasteiger partial charge in [-0.1, -0.05) is 6.07 Å². The van der Waals surface area contributed by atoms with Gasteiger partial charge in [-0.15, -0.1) is 11.3 Å². The molecular weight excluding hydrogens is 397 g/mol. The van der Waals surface area contributed by atoms with E-state index in [0.717, 1.165) is 4.57 Å². The molecule has 1 amide bonds. The number of thiophene rings is 1. The normalized spacial score (nSPS) is 11.1. The fourth-order valence-corrected chi connectivity index (χ4v) is 3.72. The zero-order chi connectivity index (χ0) is 20.7. The summed E-state index contributed by atoms with van der Waals surface area (Å²) >= 11 is 1.24. The first-order valence-electron chi connectivity index (χ1n) is 8.49. The first-order chi connectivity index (χ1) is 13.9. The molecule has 3 aromatic heterocycles. The van der Waals surface area contributed by atoms with Gasteiger partial charge in [0.15, 0.2) is 17.1 Å². The van der Waals surface area contributed by atoms with Crippen molar-refractivity contribution in [2.45, 2.75) is 13.5 Å². The van der Waals surface area contributed by atoms with Crippen LogP contribution in [0.2, 0.25) is 0 Å². The van der Waals surface area contributed by atoms with Crippen LogP contribution in [0.5, 0.6) is 0 Å². The SMILES string of the molecule is Cc1nc(C(N)=O)c2c(n1)n(-c1ccc(F)cc1)c(=O)n2CC(=O)c1cccs1. The number of fused-ring (bicyclic) bond motifs is 1. The second-order valence-electron chi connectivity index (χ2n) is 6.24. The molecule has 0 spiro atoms. The van der Waals surface area contributed by atoms with Gasteiger partial charge in [0.25, 0.3) is 5.91 Å². The predicted octanol–water partition coefficient (Wildman–Crippen LogP) is 2.07. The van der Waals surface area contributed by atoms with E-state index in [1.54, 1.807) is 24.4 Å². The average Bonchev–Trinajstić information content (AvgIpc) is 3.30. The van der Waals surface area contributed by atoms with Crippen molar-refractivity contribution in [1.29, 1.82) is 0 Å². The summed E-state index contributed by atoms with van der Waals surface area (Å²) in [6.07, 6.45) is 0. The fourth-order valence-electron chi connectivity index (χ4n) is 3.06. The Labute approximate surface area is 167 Å². The van der Waals surface area contributed by atoms with Crippen LogP contribution in [-0.4, -0.2) is 30.8 Å². The standard InChI is InChI=1S/C19H14FN5O3S/c1-10-22-15(17(21)27)16-18(23-10)25(12-6-4-11(20)5-7-12)19(28)24(16)9-13(26)14-3-2-8-29-14/h2-8H,9H2,1H3,(H2,21,27). The summed E-state index contributed by atoms with van der Waals surface area (Å²) in [5.74, 6) is -1.41. The molecule has 8 nitrogen and oxygen atoms in total. The smallest absolute Gasteiger partial charge is 0.335 e. The number of benzene rings is 1. The average molecular weight is 411 g/mol. The zero-order valence-corrected chi connectivity index (χ0v) is 15.9. The molecule has 10 heteroatoms. The number of rotatable bonds is 5. The third-order valence-corrected chi connectivity index (χ3v) is 5.21. The minimum Gasteiger partial charge on any atom is -0.364 e. The summed E-state index contributed by atoms with van der Waals surface area (Å²) in [6, 6.07) is 8.58. The Morgan fingerprint density at radius 3 is 2.52 bits per heavy atom. The van der Waals surface area contributed by atoms with Crippen LogP contribution in [0.4, 0.5) is 4.39 Å². The Balaban J connectivity index is 2.02. The minimum atomic E-state index is -0.853. The molecule has 0 saturated heterocycles. The monoisotopic (exact) mass is 411 g/mol. The summed E-state index contributed by atoms with van der Waals surface area (Å²) < 4.78 is 15.7. The van der Waals surface area contributed by atoms with Crippen molar-refractivity contribution in [3.8, 4) is 5.69 Å². The summed E-state index contributed by atoms with van der Waals surface area (Å²) in [5.41, 5.74) is 5.20. The van der Waals surface area contributed by atoms with Crippen molar-refractivity contribution in [2.24, 2.45) is 5.73 Å². The van der Waals surface area contributed by atoms with Crippen LogP contribution in [0.1, 0.15) is 26.0 Å². The van der Waals surface area contributed by atoms with Gasteiger partial charge in [0, 0.05) is 0 Å². The van der Waals surface area contributed by atoms with Gasteiger partial charge in [-0.3, -0.25) is 14.2 Å². The van der Waals surface area contributed by atoms with E-state index in [-0.39, 0.29) is 35.0 Å². The third kappa shape index (κ3) is 3.23. The molecule has 2 N–H and O–H groups in total. The molecule has 4 aromatic rings. The summed E-state index contributed by atoms with van der Waals surface area (Å²) in [6.45, 7) is 1.23. The highest BCUT2D eigenvalue weighted by atomic mass is 32.1. The number of ketones is 1. The highest BCUT2D eigenvalue weighted by Crippen LogP contribution is 2.20. The highest BCUT2D eigenvalue weighted by molar-refractivity contribution is 7.12. The lowest BCUT2D eigenvalue weighted by Crippen LogP contribution is -2.27. The topological polar surface area (TPSA) is 113 Å². The van der Waals surface area contributed by atoms with Crippen LogP contribution in [0, 0.1) is 12.7 Å². The van der Waals surface area contributed by atoms with Crippen molar-refractivity contribution in [3.63, 3.8) is 0 Å². The van der Waals surface area contributed by atoms with E-state index < -0.39 is 17.4 Å². The molecule has 3 heterocycles. The van der Waals surface area contributed by atoms with E-state index in [0.29, 0.717) is 10.6 Å². The number of halogens is 1. The lowest BCUT2D eigenvalue weighted by Gasteiger charge is -2.05. The Bertz CT molecular complexity index is 1310. The number of hydrogen-bond donors (Lipinski definition) is 1. The number of nitrogens with two attached hydrogens (primary N) is 1. The van der Waals surface area contributed by atoms with Gasteiger partial charge in [0.2, 0.25) is 0 Å². The number of aryl methyl sites for hydroxylation is 1. The maximum Gasteiger partial charge on any atom is 0.335 e. The number of primary amides is 1. The van der Waals surface area contributed by atoms with Crippen LogP contribution >= 0.6 is 11.3 Å². The van der Waals surface area contributed by atoms with Crippen molar-refractivity contribution in [2.75, 3.05) is 0 Å². The molecule has 0 fully saturated rings. The number of nitrogens with zero attached hydrogens (tertiary/aromatic N) is 4. The number of hydrogen-bond acceptors (Lipinski definition) is 6. The number of carbonyl (C=O) groups excluding carboxylic acids is 2. The minimum absolute atomic E-state index is 0.0577. The lowest BCUT2D eigenvalue weighted by atomic mass is 10.3. The van der Waals surface area contributed by atoms with Crippen LogP contribution in [0.15, 0.2) is 46.6 Å².